The lowest BCUT2D eigenvalue weighted by Gasteiger charge is -2.28. The van der Waals surface area contributed by atoms with Crippen LogP contribution < -0.4 is 11.1 Å². The molecule has 1 rings (SSSR count). The van der Waals surface area contributed by atoms with Crippen LogP contribution in [-0.4, -0.2) is 31.8 Å². The van der Waals surface area contributed by atoms with Gasteiger partial charge in [-0.25, -0.2) is 0 Å². The van der Waals surface area contributed by atoms with Crippen molar-refractivity contribution in [2.45, 2.75) is 31.3 Å². The molecule has 3 N–H and O–H groups in total. The minimum atomic E-state index is -0.0179. The van der Waals surface area contributed by atoms with Crippen molar-refractivity contribution < 1.29 is 4.74 Å². The van der Waals surface area contributed by atoms with Crippen molar-refractivity contribution >= 4 is 0 Å². The van der Waals surface area contributed by atoms with Crippen LogP contribution in [0.5, 0.6) is 0 Å². The fourth-order valence-electron chi connectivity index (χ4n) is 1.20. The molecule has 1 aliphatic rings. The van der Waals surface area contributed by atoms with Crippen molar-refractivity contribution in [3.8, 4) is 0 Å². The SMILES string of the molecule is COCC(C)(CN)NC1CC1. The van der Waals surface area contributed by atoms with Gasteiger partial charge < -0.3 is 15.8 Å². The summed E-state index contributed by atoms with van der Waals surface area (Å²) in [5.41, 5.74) is 5.61. The van der Waals surface area contributed by atoms with Gasteiger partial charge in [0.05, 0.1) is 12.1 Å². The van der Waals surface area contributed by atoms with Gasteiger partial charge in [-0.05, 0) is 19.8 Å². The summed E-state index contributed by atoms with van der Waals surface area (Å²) in [6.45, 7) is 3.44. The molecule has 0 bridgehead atoms. The highest BCUT2D eigenvalue weighted by Gasteiger charge is 2.31. The number of nitrogens with one attached hydrogen (secondary N) is 1. The van der Waals surface area contributed by atoms with E-state index in [4.69, 9.17) is 10.5 Å². The van der Waals surface area contributed by atoms with E-state index in [0.717, 1.165) is 0 Å². The second-order valence-corrected chi connectivity index (χ2v) is 3.62. The molecule has 0 aliphatic heterocycles. The minimum Gasteiger partial charge on any atom is -0.383 e. The summed E-state index contributed by atoms with van der Waals surface area (Å²) in [7, 11) is 1.71. The molecule has 0 aromatic carbocycles. The molecule has 0 aromatic heterocycles. The van der Waals surface area contributed by atoms with Gasteiger partial charge in [-0.3, -0.25) is 0 Å². The highest BCUT2D eigenvalue weighted by atomic mass is 16.5. The zero-order valence-corrected chi connectivity index (χ0v) is 7.39. The number of hydrogen-bond acceptors (Lipinski definition) is 3. The zero-order valence-electron chi connectivity index (χ0n) is 7.39. The van der Waals surface area contributed by atoms with Crippen LogP contribution in [0, 0.1) is 0 Å². The first-order valence-corrected chi connectivity index (χ1v) is 4.17. The zero-order chi connectivity index (χ0) is 8.32. The fraction of sp³-hybridized carbons (Fsp3) is 1.00. The second kappa shape index (κ2) is 3.52. The molecule has 1 fully saturated rings. The maximum atomic E-state index is 5.63. The molecule has 66 valence electrons. The van der Waals surface area contributed by atoms with Gasteiger partial charge in [-0.15, -0.1) is 0 Å². The van der Waals surface area contributed by atoms with E-state index in [0.29, 0.717) is 19.2 Å². The largest absolute Gasteiger partial charge is 0.383 e. The van der Waals surface area contributed by atoms with Gasteiger partial charge in [0.15, 0.2) is 0 Å². The van der Waals surface area contributed by atoms with Gasteiger partial charge in [-0.2, -0.15) is 0 Å². The predicted molar refractivity (Wildman–Crippen MR) is 45.5 cm³/mol. The molecule has 3 nitrogen and oxygen atoms in total. The molecule has 1 saturated carbocycles. The van der Waals surface area contributed by atoms with Crippen molar-refractivity contribution in [1.82, 2.24) is 5.32 Å². The third-order valence-electron chi connectivity index (χ3n) is 2.04. The van der Waals surface area contributed by atoms with E-state index in [-0.39, 0.29) is 5.54 Å². The Balaban J connectivity index is 2.29. The van der Waals surface area contributed by atoms with Crippen LogP contribution in [-0.2, 0) is 4.74 Å². The van der Waals surface area contributed by atoms with Crippen molar-refractivity contribution in [2.24, 2.45) is 5.73 Å². The van der Waals surface area contributed by atoms with Gasteiger partial charge in [0.25, 0.3) is 0 Å². The second-order valence-electron chi connectivity index (χ2n) is 3.62. The van der Waals surface area contributed by atoms with Crippen molar-refractivity contribution in [3.05, 3.63) is 0 Å². The lowest BCUT2D eigenvalue weighted by molar-refractivity contribution is 0.122. The Labute approximate surface area is 68.3 Å². The van der Waals surface area contributed by atoms with Crippen molar-refractivity contribution in [2.75, 3.05) is 20.3 Å². The predicted octanol–water partition coefficient (Wildman–Crippen LogP) is 0.102. The summed E-state index contributed by atoms with van der Waals surface area (Å²) in [5.74, 6) is 0. The average molecular weight is 158 g/mol. The molecule has 1 aliphatic carbocycles. The third-order valence-corrected chi connectivity index (χ3v) is 2.04. The van der Waals surface area contributed by atoms with Crippen LogP contribution in [0.3, 0.4) is 0 Å². The highest BCUT2D eigenvalue weighted by Crippen LogP contribution is 2.22. The lowest BCUT2D eigenvalue weighted by Crippen LogP contribution is -2.53. The summed E-state index contributed by atoms with van der Waals surface area (Å²) in [4.78, 5) is 0. The highest BCUT2D eigenvalue weighted by molar-refractivity contribution is 4.93. The minimum absolute atomic E-state index is 0.0179. The first-order valence-electron chi connectivity index (χ1n) is 4.17. The third kappa shape index (κ3) is 2.77. The fourth-order valence-corrected chi connectivity index (χ4v) is 1.20. The summed E-state index contributed by atoms with van der Waals surface area (Å²) >= 11 is 0. The maximum Gasteiger partial charge on any atom is 0.0654 e. The van der Waals surface area contributed by atoms with Crippen LogP contribution in [0.4, 0.5) is 0 Å². The van der Waals surface area contributed by atoms with E-state index in [2.05, 4.69) is 12.2 Å². The van der Waals surface area contributed by atoms with Gasteiger partial charge in [0.2, 0.25) is 0 Å². The van der Waals surface area contributed by atoms with Gasteiger partial charge in [-0.1, -0.05) is 0 Å². The Morgan fingerprint density at radius 1 is 1.64 bits per heavy atom. The molecular weight excluding hydrogens is 140 g/mol. The quantitative estimate of drug-likeness (QED) is 0.596. The van der Waals surface area contributed by atoms with Crippen LogP contribution in [0.25, 0.3) is 0 Å². The Morgan fingerprint density at radius 2 is 2.27 bits per heavy atom. The summed E-state index contributed by atoms with van der Waals surface area (Å²) < 4.78 is 5.08. The molecule has 0 saturated heterocycles. The van der Waals surface area contributed by atoms with E-state index in [1.165, 1.54) is 12.8 Å². The molecule has 0 aromatic rings. The number of methoxy groups -OCH3 is 1. The first-order chi connectivity index (χ1) is 5.20. The van der Waals surface area contributed by atoms with E-state index in [1.54, 1.807) is 7.11 Å². The Hall–Kier alpha value is -0.120. The summed E-state index contributed by atoms with van der Waals surface area (Å²) in [6, 6.07) is 0.693. The number of rotatable bonds is 5. The molecule has 0 radical (unpaired) electrons. The van der Waals surface area contributed by atoms with Crippen LogP contribution >= 0.6 is 0 Å². The van der Waals surface area contributed by atoms with E-state index in [1.807, 2.05) is 0 Å². The molecule has 0 spiro atoms. The topological polar surface area (TPSA) is 47.3 Å². The molecular formula is C8H18N2O. The lowest BCUT2D eigenvalue weighted by atomic mass is 10.0. The molecule has 3 heteroatoms. The van der Waals surface area contributed by atoms with Gasteiger partial charge >= 0.3 is 0 Å². The van der Waals surface area contributed by atoms with Crippen LogP contribution in [0.15, 0.2) is 0 Å². The summed E-state index contributed by atoms with van der Waals surface area (Å²) in [6.07, 6.45) is 2.58. The first kappa shape index (κ1) is 8.97. The standard InChI is InChI=1S/C8H18N2O/c1-8(5-9,6-11-2)10-7-3-4-7/h7,10H,3-6,9H2,1-2H3. The smallest absolute Gasteiger partial charge is 0.0654 e. The Bertz CT molecular complexity index is 125. The number of hydrogen-bond donors (Lipinski definition) is 2. The van der Waals surface area contributed by atoms with Crippen LogP contribution in [0.1, 0.15) is 19.8 Å². The Kier molecular flexibility index (Phi) is 2.87. The molecule has 0 heterocycles. The average Bonchev–Trinajstić information content (AvgIpc) is 2.73. The summed E-state index contributed by atoms with van der Waals surface area (Å²) in [5, 5.41) is 3.47. The van der Waals surface area contributed by atoms with Gasteiger partial charge in [0, 0.05) is 19.7 Å². The van der Waals surface area contributed by atoms with E-state index in [9.17, 15) is 0 Å². The van der Waals surface area contributed by atoms with E-state index < -0.39 is 0 Å². The van der Waals surface area contributed by atoms with Crippen molar-refractivity contribution in [1.29, 1.82) is 0 Å². The monoisotopic (exact) mass is 158 g/mol. The maximum absolute atomic E-state index is 5.63. The number of ether oxygens (including phenoxy) is 1. The van der Waals surface area contributed by atoms with Crippen molar-refractivity contribution in [3.63, 3.8) is 0 Å². The molecule has 11 heavy (non-hydrogen) atoms. The molecule has 1 atom stereocenters. The molecule has 0 amide bonds. The molecule has 1 unspecified atom stereocenters. The normalized spacial score (nSPS) is 23.2. The number of nitrogens with two attached hydrogens (primary N) is 1. The van der Waals surface area contributed by atoms with Crippen LogP contribution in [0.2, 0.25) is 0 Å². The van der Waals surface area contributed by atoms with E-state index >= 15 is 0 Å². The Morgan fingerprint density at radius 3 is 2.64 bits per heavy atom. The van der Waals surface area contributed by atoms with Gasteiger partial charge in [0.1, 0.15) is 0 Å².